The van der Waals surface area contributed by atoms with Crippen LogP contribution in [-0.2, 0) is 17.8 Å². The first-order valence-corrected chi connectivity index (χ1v) is 5.56. The molecule has 1 aliphatic rings. The lowest BCUT2D eigenvalue weighted by atomic mass is 10.0. The van der Waals surface area contributed by atoms with E-state index in [1.165, 1.54) is 0 Å². The van der Waals surface area contributed by atoms with E-state index in [0.717, 1.165) is 38.5 Å². The molecule has 2 heterocycles. The first-order valence-electron chi connectivity index (χ1n) is 5.56. The zero-order valence-electron chi connectivity index (χ0n) is 9.49. The maximum absolute atomic E-state index is 5.40. The van der Waals surface area contributed by atoms with Gasteiger partial charge >= 0.3 is 0 Å². The quantitative estimate of drug-likeness (QED) is 0.809. The number of hydrogen-bond acceptors (Lipinski definition) is 3. The SMILES string of the molecule is CCn1ccnc1CNC1(C)CCOC1. The minimum Gasteiger partial charge on any atom is -0.379 e. The summed E-state index contributed by atoms with van der Waals surface area (Å²) in [6, 6.07) is 0. The molecule has 1 saturated heterocycles. The van der Waals surface area contributed by atoms with Crippen LogP contribution in [0.1, 0.15) is 26.1 Å². The molecule has 0 amide bonds. The van der Waals surface area contributed by atoms with Crippen LogP contribution >= 0.6 is 0 Å². The van der Waals surface area contributed by atoms with Crippen molar-refractivity contribution in [2.45, 2.75) is 38.9 Å². The van der Waals surface area contributed by atoms with Gasteiger partial charge in [-0.05, 0) is 20.3 Å². The van der Waals surface area contributed by atoms with Crippen LogP contribution in [0.2, 0.25) is 0 Å². The van der Waals surface area contributed by atoms with Crippen molar-refractivity contribution in [1.82, 2.24) is 14.9 Å². The lowest BCUT2D eigenvalue weighted by Gasteiger charge is -2.23. The summed E-state index contributed by atoms with van der Waals surface area (Å²) >= 11 is 0. The van der Waals surface area contributed by atoms with Gasteiger partial charge in [-0.3, -0.25) is 0 Å². The van der Waals surface area contributed by atoms with Crippen molar-refractivity contribution in [3.63, 3.8) is 0 Å². The van der Waals surface area contributed by atoms with E-state index in [1.807, 2.05) is 12.4 Å². The molecule has 0 bridgehead atoms. The minimum absolute atomic E-state index is 0.129. The highest BCUT2D eigenvalue weighted by molar-refractivity contribution is 4.95. The lowest BCUT2D eigenvalue weighted by molar-refractivity contribution is 0.171. The Morgan fingerprint density at radius 3 is 3.20 bits per heavy atom. The largest absolute Gasteiger partial charge is 0.379 e. The fourth-order valence-corrected chi connectivity index (χ4v) is 1.89. The molecule has 1 N–H and O–H groups in total. The molecule has 1 atom stereocenters. The summed E-state index contributed by atoms with van der Waals surface area (Å²) in [4.78, 5) is 4.34. The second-order valence-electron chi connectivity index (χ2n) is 4.35. The van der Waals surface area contributed by atoms with E-state index >= 15 is 0 Å². The maximum Gasteiger partial charge on any atom is 0.122 e. The molecule has 15 heavy (non-hydrogen) atoms. The Morgan fingerprint density at radius 2 is 2.53 bits per heavy atom. The van der Waals surface area contributed by atoms with E-state index in [1.54, 1.807) is 0 Å². The Bertz CT molecular complexity index is 315. The van der Waals surface area contributed by atoms with E-state index in [-0.39, 0.29) is 5.54 Å². The zero-order valence-corrected chi connectivity index (χ0v) is 9.49. The molecule has 2 rings (SSSR count). The standard InChI is InChI=1S/C11H19N3O/c1-3-14-6-5-12-10(14)8-13-11(2)4-7-15-9-11/h5-6,13H,3-4,7-9H2,1-2H3. The van der Waals surface area contributed by atoms with Crippen LogP contribution in [-0.4, -0.2) is 28.3 Å². The highest BCUT2D eigenvalue weighted by Crippen LogP contribution is 2.17. The van der Waals surface area contributed by atoms with E-state index in [9.17, 15) is 0 Å². The number of aromatic nitrogens is 2. The van der Waals surface area contributed by atoms with Crippen molar-refractivity contribution in [3.05, 3.63) is 18.2 Å². The van der Waals surface area contributed by atoms with Crippen LogP contribution in [0.15, 0.2) is 12.4 Å². The van der Waals surface area contributed by atoms with Crippen LogP contribution in [0.25, 0.3) is 0 Å². The fraction of sp³-hybridized carbons (Fsp3) is 0.727. The summed E-state index contributed by atoms with van der Waals surface area (Å²) in [5, 5.41) is 3.53. The second-order valence-corrected chi connectivity index (χ2v) is 4.35. The minimum atomic E-state index is 0.129. The van der Waals surface area contributed by atoms with Gasteiger partial charge in [0.1, 0.15) is 5.82 Å². The van der Waals surface area contributed by atoms with Crippen molar-refractivity contribution >= 4 is 0 Å². The van der Waals surface area contributed by atoms with E-state index in [0.29, 0.717) is 0 Å². The van der Waals surface area contributed by atoms with Gasteiger partial charge in [0.2, 0.25) is 0 Å². The predicted molar refractivity (Wildman–Crippen MR) is 58.6 cm³/mol. The summed E-state index contributed by atoms with van der Waals surface area (Å²) in [7, 11) is 0. The molecular weight excluding hydrogens is 190 g/mol. The van der Waals surface area contributed by atoms with Gasteiger partial charge in [0.15, 0.2) is 0 Å². The number of rotatable bonds is 4. The smallest absolute Gasteiger partial charge is 0.122 e. The highest BCUT2D eigenvalue weighted by atomic mass is 16.5. The molecule has 0 radical (unpaired) electrons. The molecule has 4 nitrogen and oxygen atoms in total. The molecule has 1 aliphatic heterocycles. The third kappa shape index (κ3) is 2.38. The van der Waals surface area contributed by atoms with Crippen molar-refractivity contribution in [3.8, 4) is 0 Å². The summed E-state index contributed by atoms with van der Waals surface area (Å²) in [5.41, 5.74) is 0.129. The number of nitrogens with zero attached hydrogens (tertiary/aromatic N) is 2. The van der Waals surface area contributed by atoms with E-state index in [4.69, 9.17) is 4.74 Å². The number of aryl methyl sites for hydroxylation is 1. The Hall–Kier alpha value is -0.870. The van der Waals surface area contributed by atoms with Crippen molar-refractivity contribution in [2.75, 3.05) is 13.2 Å². The zero-order chi connectivity index (χ0) is 10.7. The maximum atomic E-state index is 5.40. The Morgan fingerprint density at radius 1 is 1.67 bits per heavy atom. The Labute approximate surface area is 90.6 Å². The first-order chi connectivity index (χ1) is 7.23. The normalized spacial score (nSPS) is 26.0. The Balaban J connectivity index is 1.92. The monoisotopic (exact) mass is 209 g/mol. The highest BCUT2D eigenvalue weighted by Gasteiger charge is 2.29. The first kappa shape index (κ1) is 10.6. The van der Waals surface area contributed by atoms with Gasteiger partial charge in [0, 0.05) is 31.1 Å². The summed E-state index contributed by atoms with van der Waals surface area (Å²) < 4.78 is 7.56. The molecular formula is C11H19N3O. The van der Waals surface area contributed by atoms with Gasteiger partial charge in [-0.15, -0.1) is 0 Å². The lowest BCUT2D eigenvalue weighted by Crippen LogP contribution is -2.42. The Kier molecular flexibility index (Phi) is 3.07. The molecule has 0 aromatic carbocycles. The van der Waals surface area contributed by atoms with Gasteiger partial charge in [0.25, 0.3) is 0 Å². The third-order valence-corrected chi connectivity index (χ3v) is 3.03. The average molecular weight is 209 g/mol. The average Bonchev–Trinajstić information content (AvgIpc) is 2.84. The van der Waals surface area contributed by atoms with Gasteiger partial charge in [-0.1, -0.05) is 0 Å². The summed E-state index contributed by atoms with van der Waals surface area (Å²) in [5.74, 6) is 1.10. The van der Waals surface area contributed by atoms with E-state index in [2.05, 4.69) is 28.7 Å². The molecule has 84 valence electrons. The van der Waals surface area contributed by atoms with Crippen molar-refractivity contribution in [2.24, 2.45) is 0 Å². The van der Waals surface area contributed by atoms with Crippen molar-refractivity contribution < 1.29 is 4.74 Å². The van der Waals surface area contributed by atoms with Crippen LogP contribution < -0.4 is 5.32 Å². The third-order valence-electron chi connectivity index (χ3n) is 3.03. The van der Waals surface area contributed by atoms with Gasteiger partial charge in [0.05, 0.1) is 13.2 Å². The molecule has 1 fully saturated rings. The number of imidazole rings is 1. The summed E-state index contributed by atoms with van der Waals surface area (Å²) in [6.07, 6.45) is 4.96. The fourth-order valence-electron chi connectivity index (χ4n) is 1.89. The van der Waals surface area contributed by atoms with Crippen LogP contribution in [0.3, 0.4) is 0 Å². The predicted octanol–water partition coefficient (Wildman–Crippen LogP) is 1.17. The molecule has 4 heteroatoms. The summed E-state index contributed by atoms with van der Waals surface area (Å²) in [6.45, 7) is 7.81. The van der Waals surface area contributed by atoms with Crippen molar-refractivity contribution in [1.29, 1.82) is 0 Å². The molecule has 1 aromatic heterocycles. The van der Waals surface area contributed by atoms with Gasteiger partial charge in [-0.25, -0.2) is 4.98 Å². The van der Waals surface area contributed by atoms with E-state index < -0.39 is 0 Å². The molecule has 1 aromatic rings. The number of ether oxygens (including phenoxy) is 1. The topological polar surface area (TPSA) is 39.1 Å². The van der Waals surface area contributed by atoms with Crippen LogP contribution in [0, 0.1) is 0 Å². The number of nitrogens with one attached hydrogen (secondary N) is 1. The van der Waals surface area contributed by atoms with Gasteiger partial charge in [-0.2, -0.15) is 0 Å². The van der Waals surface area contributed by atoms with Crippen LogP contribution in [0.5, 0.6) is 0 Å². The number of hydrogen-bond donors (Lipinski definition) is 1. The molecule has 0 saturated carbocycles. The second kappa shape index (κ2) is 4.33. The van der Waals surface area contributed by atoms with Crippen LogP contribution in [0.4, 0.5) is 0 Å². The molecule has 1 unspecified atom stereocenters. The molecule has 0 aliphatic carbocycles. The van der Waals surface area contributed by atoms with Gasteiger partial charge < -0.3 is 14.6 Å². The molecule has 0 spiro atoms.